The van der Waals surface area contributed by atoms with Crippen LogP contribution < -0.4 is 0 Å². The lowest BCUT2D eigenvalue weighted by Crippen LogP contribution is -2.08. The van der Waals surface area contributed by atoms with Gasteiger partial charge in [0.2, 0.25) is 0 Å². The van der Waals surface area contributed by atoms with E-state index in [4.69, 9.17) is 0 Å². The van der Waals surface area contributed by atoms with Gasteiger partial charge in [-0.3, -0.25) is 4.79 Å². The fourth-order valence-corrected chi connectivity index (χ4v) is 4.13. The molecule has 0 saturated heterocycles. The van der Waals surface area contributed by atoms with Gasteiger partial charge in [0, 0.05) is 9.79 Å². The van der Waals surface area contributed by atoms with Crippen molar-refractivity contribution in [1.29, 1.82) is 0 Å². The van der Waals surface area contributed by atoms with E-state index in [1.165, 1.54) is 32.7 Å². The van der Waals surface area contributed by atoms with Crippen LogP contribution in [0.4, 0.5) is 0 Å². The normalized spacial score (nSPS) is 12.3. The summed E-state index contributed by atoms with van der Waals surface area (Å²) in [6, 6.07) is 7.81. The highest BCUT2D eigenvalue weighted by molar-refractivity contribution is 7.99. The summed E-state index contributed by atoms with van der Waals surface area (Å²) in [6.45, 7) is 12.5. The average Bonchev–Trinajstić information content (AvgIpc) is 2.54. The highest BCUT2D eigenvalue weighted by atomic mass is 32.2. The molecule has 0 bridgehead atoms. The van der Waals surface area contributed by atoms with Gasteiger partial charge < -0.3 is 5.11 Å². The van der Waals surface area contributed by atoms with Gasteiger partial charge in [0.05, 0.1) is 5.92 Å². The minimum absolute atomic E-state index is 0.507. The summed E-state index contributed by atoms with van der Waals surface area (Å²) < 4.78 is 0. The van der Waals surface area contributed by atoms with E-state index in [-0.39, 0.29) is 0 Å². The maximum absolute atomic E-state index is 11.4. The van der Waals surface area contributed by atoms with Gasteiger partial charge in [-0.2, -0.15) is 0 Å². The molecule has 1 unspecified atom stereocenters. The number of benzene rings is 2. The van der Waals surface area contributed by atoms with Crippen molar-refractivity contribution in [3.05, 3.63) is 57.6 Å². The minimum Gasteiger partial charge on any atom is -0.481 e. The first-order valence-electron chi connectivity index (χ1n) is 7.82. The molecule has 0 aliphatic rings. The first kappa shape index (κ1) is 17.6. The molecule has 3 heteroatoms. The fraction of sp³-hybridized carbons (Fsp3) is 0.350. The first-order valence-corrected chi connectivity index (χ1v) is 8.63. The molecule has 2 aromatic carbocycles. The summed E-state index contributed by atoms with van der Waals surface area (Å²) in [6.07, 6.45) is 0. The number of carbonyl (C=O) groups is 1. The van der Waals surface area contributed by atoms with Gasteiger partial charge in [0.1, 0.15) is 0 Å². The minimum atomic E-state index is -0.789. The molecule has 0 amide bonds. The Balaban J connectivity index is 2.56. The van der Waals surface area contributed by atoms with Gasteiger partial charge in [0.15, 0.2) is 0 Å². The quantitative estimate of drug-likeness (QED) is 0.797. The Labute approximate surface area is 142 Å². The Bertz CT molecular complexity index is 733. The van der Waals surface area contributed by atoms with Crippen molar-refractivity contribution in [2.24, 2.45) is 0 Å². The van der Waals surface area contributed by atoms with Crippen molar-refractivity contribution >= 4 is 17.7 Å². The molecule has 0 saturated carbocycles. The third kappa shape index (κ3) is 3.30. The molecule has 2 rings (SSSR count). The summed E-state index contributed by atoms with van der Waals surface area (Å²) in [5.41, 5.74) is 7.43. The monoisotopic (exact) mass is 328 g/mol. The molecule has 0 aliphatic heterocycles. The topological polar surface area (TPSA) is 37.3 Å². The van der Waals surface area contributed by atoms with Gasteiger partial charge in [-0.25, -0.2) is 0 Å². The summed E-state index contributed by atoms with van der Waals surface area (Å²) >= 11 is 1.69. The van der Waals surface area contributed by atoms with E-state index < -0.39 is 11.9 Å². The lowest BCUT2D eigenvalue weighted by Gasteiger charge is -2.20. The molecular formula is C20H24O2S. The molecule has 122 valence electrons. The molecule has 23 heavy (non-hydrogen) atoms. The number of hydrogen-bond acceptors (Lipinski definition) is 2. The maximum Gasteiger partial charge on any atom is 0.310 e. The lowest BCUT2D eigenvalue weighted by molar-refractivity contribution is -0.138. The number of hydrogen-bond donors (Lipinski definition) is 1. The van der Waals surface area contributed by atoms with Crippen LogP contribution >= 0.6 is 11.8 Å². The van der Waals surface area contributed by atoms with Crippen LogP contribution in [-0.4, -0.2) is 11.1 Å². The van der Waals surface area contributed by atoms with E-state index in [0.717, 1.165) is 10.5 Å². The SMILES string of the molecule is Cc1c(C)c(C)c(Sc2ccccc2C(C)C(=O)O)c(C)c1C. The zero-order valence-electron chi connectivity index (χ0n) is 14.7. The Morgan fingerprint density at radius 2 is 1.39 bits per heavy atom. The number of aliphatic carboxylic acids is 1. The molecular weight excluding hydrogens is 304 g/mol. The van der Waals surface area contributed by atoms with Crippen LogP contribution in [0, 0.1) is 34.6 Å². The molecule has 2 aromatic rings. The van der Waals surface area contributed by atoms with Crippen molar-refractivity contribution in [3.8, 4) is 0 Å². The van der Waals surface area contributed by atoms with E-state index >= 15 is 0 Å². The molecule has 0 heterocycles. The summed E-state index contributed by atoms with van der Waals surface area (Å²) in [5.74, 6) is -1.30. The molecule has 0 spiro atoms. The van der Waals surface area contributed by atoms with Gasteiger partial charge in [0.25, 0.3) is 0 Å². The second-order valence-corrected chi connectivity index (χ2v) is 7.21. The summed E-state index contributed by atoms with van der Waals surface area (Å²) in [4.78, 5) is 13.7. The molecule has 0 aromatic heterocycles. The van der Waals surface area contributed by atoms with Crippen LogP contribution in [0.3, 0.4) is 0 Å². The average molecular weight is 328 g/mol. The van der Waals surface area contributed by atoms with E-state index in [2.05, 4.69) is 34.6 Å². The van der Waals surface area contributed by atoms with E-state index in [0.29, 0.717) is 0 Å². The Hall–Kier alpha value is -1.74. The van der Waals surface area contributed by atoms with Crippen molar-refractivity contribution in [3.63, 3.8) is 0 Å². The van der Waals surface area contributed by atoms with Crippen LogP contribution in [0.25, 0.3) is 0 Å². The van der Waals surface area contributed by atoms with Gasteiger partial charge >= 0.3 is 5.97 Å². The summed E-state index contributed by atoms with van der Waals surface area (Å²) in [7, 11) is 0. The van der Waals surface area contributed by atoms with Gasteiger partial charge in [-0.1, -0.05) is 30.0 Å². The van der Waals surface area contributed by atoms with Gasteiger partial charge in [-0.15, -0.1) is 0 Å². The standard InChI is InChI=1S/C20H24O2S/c1-11-12(2)14(4)19(15(5)13(11)3)23-18-10-8-7-9-17(18)16(6)20(21)22/h7-10,16H,1-6H3,(H,21,22). The van der Waals surface area contributed by atoms with Crippen LogP contribution in [0.15, 0.2) is 34.1 Å². The van der Waals surface area contributed by atoms with Crippen LogP contribution in [0.1, 0.15) is 46.2 Å². The third-order valence-corrected chi connectivity index (χ3v) is 6.31. The summed E-state index contributed by atoms with van der Waals surface area (Å²) in [5, 5.41) is 9.35. The van der Waals surface area contributed by atoms with Gasteiger partial charge in [-0.05, 0) is 81.0 Å². The second-order valence-electron chi connectivity index (χ2n) is 6.15. The maximum atomic E-state index is 11.4. The van der Waals surface area contributed by atoms with Crippen LogP contribution in [0.2, 0.25) is 0 Å². The number of rotatable bonds is 4. The lowest BCUT2D eigenvalue weighted by atomic mass is 9.95. The molecule has 2 nitrogen and oxygen atoms in total. The molecule has 1 N–H and O–H groups in total. The molecule has 0 aliphatic carbocycles. The smallest absolute Gasteiger partial charge is 0.310 e. The zero-order valence-corrected chi connectivity index (χ0v) is 15.5. The third-order valence-electron chi connectivity index (χ3n) is 4.90. The van der Waals surface area contributed by atoms with Crippen molar-refractivity contribution in [1.82, 2.24) is 0 Å². The predicted molar refractivity (Wildman–Crippen MR) is 96.7 cm³/mol. The molecule has 1 atom stereocenters. The predicted octanol–water partition coefficient (Wildman–Crippen LogP) is 5.57. The van der Waals surface area contributed by atoms with E-state index in [1.807, 2.05) is 24.3 Å². The number of carboxylic acid groups (broad SMARTS) is 1. The van der Waals surface area contributed by atoms with Crippen LogP contribution in [0.5, 0.6) is 0 Å². The van der Waals surface area contributed by atoms with Crippen molar-refractivity contribution < 1.29 is 9.90 Å². The highest BCUT2D eigenvalue weighted by Crippen LogP contribution is 2.40. The largest absolute Gasteiger partial charge is 0.481 e. The zero-order chi connectivity index (χ0) is 17.3. The Morgan fingerprint density at radius 3 is 1.91 bits per heavy atom. The van der Waals surface area contributed by atoms with E-state index in [9.17, 15) is 9.90 Å². The second kappa shape index (κ2) is 6.79. The van der Waals surface area contributed by atoms with Crippen molar-refractivity contribution in [2.45, 2.75) is 57.3 Å². The highest BCUT2D eigenvalue weighted by Gasteiger charge is 2.20. The van der Waals surface area contributed by atoms with Crippen molar-refractivity contribution in [2.75, 3.05) is 0 Å². The number of carboxylic acids is 1. The molecule has 0 fully saturated rings. The molecule has 0 radical (unpaired) electrons. The van der Waals surface area contributed by atoms with E-state index in [1.54, 1.807) is 18.7 Å². The Morgan fingerprint density at radius 1 is 0.913 bits per heavy atom. The fourth-order valence-electron chi connectivity index (χ4n) is 2.79. The van der Waals surface area contributed by atoms with Crippen LogP contribution in [-0.2, 0) is 4.79 Å². The Kier molecular flexibility index (Phi) is 5.20. The first-order chi connectivity index (χ1) is 10.8.